The second kappa shape index (κ2) is 7.55. The van der Waals surface area contributed by atoms with Crippen LogP contribution < -0.4 is 0 Å². The standard InChI is InChI=1S/C18H24N4O3/c1-13-10-16(14(2)25-13)18(24)22-7-3-6-21(8-9-22)17(23)5-4-15-11-19-20-12-15/h10-12H,3-9H2,1-2H3,(H,19,20). The van der Waals surface area contributed by atoms with Gasteiger partial charge < -0.3 is 14.2 Å². The Morgan fingerprint density at radius 2 is 1.96 bits per heavy atom. The lowest BCUT2D eigenvalue weighted by Crippen LogP contribution is -2.37. The third-order valence-electron chi connectivity index (χ3n) is 4.59. The van der Waals surface area contributed by atoms with Gasteiger partial charge in [0.25, 0.3) is 5.91 Å². The summed E-state index contributed by atoms with van der Waals surface area (Å²) in [5.41, 5.74) is 1.66. The average Bonchev–Trinajstić information content (AvgIpc) is 3.14. The van der Waals surface area contributed by atoms with Gasteiger partial charge in [0.05, 0.1) is 11.8 Å². The number of nitrogens with one attached hydrogen (secondary N) is 1. The highest BCUT2D eigenvalue weighted by Gasteiger charge is 2.24. The molecule has 1 saturated heterocycles. The van der Waals surface area contributed by atoms with E-state index in [0.29, 0.717) is 50.3 Å². The molecule has 0 aromatic carbocycles. The highest BCUT2D eigenvalue weighted by atomic mass is 16.3. The van der Waals surface area contributed by atoms with Crippen LogP contribution in [0.4, 0.5) is 0 Å². The number of aromatic amines is 1. The number of rotatable bonds is 4. The van der Waals surface area contributed by atoms with E-state index in [2.05, 4.69) is 10.2 Å². The number of nitrogens with zero attached hydrogens (tertiary/aromatic N) is 3. The summed E-state index contributed by atoms with van der Waals surface area (Å²) in [6.45, 7) is 6.13. The molecule has 7 nitrogen and oxygen atoms in total. The molecular weight excluding hydrogens is 320 g/mol. The van der Waals surface area contributed by atoms with Crippen molar-refractivity contribution < 1.29 is 14.0 Å². The van der Waals surface area contributed by atoms with Gasteiger partial charge in [0.2, 0.25) is 5.91 Å². The summed E-state index contributed by atoms with van der Waals surface area (Å²) in [5.74, 6) is 1.51. The van der Waals surface area contributed by atoms with Crippen molar-refractivity contribution in [1.29, 1.82) is 0 Å². The molecular formula is C18H24N4O3. The van der Waals surface area contributed by atoms with Crippen molar-refractivity contribution in [3.63, 3.8) is 0 Å². The molecule has 2 aromatic heterocycles. The minimum Gasteiger partial charge on any atom is -0.466 e. The summed E-state index contributed by atoms with van der Waals surface area (Å²) in [4.78, 5) is 28.8. The molecule has 0 saturated carbocycles. The van der Waals surface area contributed by atoms with Gasteiger partial charge in [0.15, 0.2) is 0 Å². The monoisotopic (exact) mass is 344 g/mol. The molecule has 0 atom stereocenters. The number of carbonyl (C=O) groups is 2. The van der Waals surface area contributed by atoms with Crippen LogP contribution in [0.5, 0.6) is 0 Å². The Labute approximate surface area is 147 Å². The third kappa shape index (κ3) is 4.10. The number of H-pyrrole nitrogens is 1. The van der Waals surface area contributed by atoms with Gasteiger partial charge >= 0.3 is 0 Å². The summed E-state index contributed by atoms with van der Waals surface area (Å²) in [6.07, 6.45) is 5.49. The van der Waals surface area contributed by atoms with Crippen LogP contribution in [0, 0.1) is 13.8 Å². The average molecular weight is 344 g/mol. The number of furan rings is 1. The van der Waals surface area contributed by atoms with Gasteiger partial charge in [-0.2, -0.15) is 5.10 Å². The summed E-state index contributed by atoms with van der Waals surface area (Å²) >= 11 is 0. The van der Waals surface area contributed by atoms with Gasteiger partial charge in [-0.25, -0.2) is 0 Å². The fourth-order valence-electron chi connectivity index (χ4n) is 3.21. The molecule has 134 valence electrons. The third-order valence-corrected chi connectivity index (χ3v) is 4.59. The Bertz CT molecular complexity index is 736. The van der Waals surface area contributed by atoms with Crippen molar-refractivity contribution >= 4 is 11.8 Å². The zero-order valence-corrected chi connectivity index (χ0v) is 14.7. The molecule has 3 rings (SSSR count). The van der Waals surface area contributed by atoms with E-state index in [1.165, 1.54) is 0 Å². The smallest absolute Gasteiger partial charge is 0.257 e. The van der Waals surface area contributed by atoms with E-state index in [1.54, 1.807) is 12.3 Å². The maximum Gasteiger partial charge on any atom is 0.257 e. The van der Waals surface area contributed by atoms with Crippen molar-refractivity contribution in [3.05, 3.63) is 41.1 Å². The van der Waals surface area contributed by atoms with E-state index in [-0.39, 0.29) is 11.8 Å². The molecule has 3 heterocycles. The van der Waals surface area contributed by atoms with Crippen LogP contribution in [0.15, 0.2) is 22.9 Å². The molecule has 1 N–H and O–H groups in total. The van der Waals surface area contributed by atoms with Crippen LogP contribution in [0.2, 0.25) is 0 Å². The van der Waals surface area contributed by atoms with Crippen LogP contribution >= 0.6 is 0 Å². The van der Waals surface area contributed by atoms with Gasteiger partial charge in [0, 0.05) is 38.8 Å². The number of aryl methyl sites for hydroxylation is 3. The molecule has 0 radical (unpaired) electrons. The molecule has 1 aliphatic heterocycles. The molecule has 0 unspecified atom stereocenters. The Morgan fingerprint density at radius 3 is 2.64 bits per heavy atom. The summed E-state index contributed by atoms with van der Waals surface area (Å²) in [7, 11) is 0. The van der Waals surface area contributed by atoms with E-state index >= 15 is 0 Å². The molecule has 2 amide bonds. The van der Waals surface area contributed by atoms with Crippen molar-refractivity contribution in [2.45, 2.75) is 33.1 Å². The first-order chi connectivity index (χ1) is 12.0. The van der Waals surface area contributed by atoms with E-state index in [0.717, 1.165) is 17.7 Å². The number of aromatic nitrogens is 2. The second-order valence-corrected chi connectivity index (χ2v) is 6.46. The molecule has 1 fully saturated rings. The van der Waals surface area contributed by atoms with Crippen LogP contribution in [-0.2, 0) is 11.2 Å². The van der Waals surface area contributed by atoms with Gasteiger partial charge in [-0.15, -0.1) is 0 Å². The van der Waals surface area contributed by atoms with Gasteiger partial charge in [0.1, 0.15) is 11.5 Å². The predicted molar refractivity (Wildman–Crippen MR) is 92.2 cm³/mol. The zero-order valence-electron chi connectivity index (χ0n) is 14.7. The summed E-state index contributed by atoms with van der Waals surface area (Å²) < 4.78 is 5.46. The van der Waals surface area contributed by atoms with E-state index in [9.17, 15) is 9.59 Å². The molecule has 2 aromatic rings. The summed E-state index contributed by atoms with van der Waals surface area (Å²) in [5, 5.41) is 6.65. The van der Waals surface area contributed by atoms with Crippen LogP contribution in [-0.4, -0.2) is 58.0 Å². The molecule has 0 bridgehead atoms. The van der Waals surface area contributed by atoms with Crippen LogP contribution in [0.1, 0.15) is 40.3 Å². The molecule has 0 aliphatic carbocycles. The lowest BCUT2D eigenvalue weighted by molar-refractivity contribution is -0.131. The summed E-state index contributed by atoms with van der Waals surface area (Å²) in [6, 6.07) is 1.79. The Hall–Kier alpha value is -2.57. The lowest BCUT2D eigenvalue weighted by Gasteiger charge is -2.22. The minimum absolute atomic E-state index is 0.0120. The van der Waals surface area contributed by atoms with Crippen molar-refractivity contribution in [2.24, 2.45) is 0 Å². The predicted octanol–water partition coefficient (Wildman–Crippen LogP) is 1.93. The van der Waals surface area contributed by atoms with Crippen molar-refractivity contribution in [2.75, 3.05) is 26.2 Å². The van der Waals surface area contributed by atoms with E-state index in [1.807, 2.05) is 29.8 Å². The Kier molecular flexibility index (Phi) is 5.21. The van der Waals surface area contributed by atoms with Crippen molar-refractivity contribution in [3.8, 4) is 0 Å². The second-order valence-electron chi connectivity index (χ2n) is 6.46. The maximum atomic E-state index is 12.7. The normalized spacial score (nSPS) is 15.3. The Morgan fingerprint density at radius 1 is 1.20 bits per heavy atom. The lowest BCUT2D eigenvalue weighted by atomic mass is 10.2. The fraction of sp³-hybridized carbons (Fsp3) is 0.500. The zero-order chi connectivity index (χ0) is 17.8. The fourth-order valence-corrected chi connectivity index (χ4v) is 3.21. The van der Waals surface area contributed by atoms with Crippen LogP contribution in [0.3, 0.4) is 0 Å². The minimum atomic E-state index is -0.0120. The van der Waals surface area contributed by atoms with Gasteiger partial charge in [-0.3, -0.25) is 14.7 Å². The van der Waals surface area contributed by atoms with Gasteiger partial charge in [-0.05, 0) is 38.3 Å². The SMILES string of the molecule is Cc1cc(C(=O)N2CCCN(C(=O)CCc3cn[nH]c3)CC2)c(C)o1. The number of amides is 2. The molecule has 0 spiro atoms. The number of hydrogen-bond donors (Lipinski definition) is 1. The number of hydrogen-bond acceptors (Lipinski definition) is 4. The number of carbonyl (C=O) groups excluding carboxylic acids is 2. The molecule has 1 aliphatic rings. The molecule has 7 heteroatoms. The quantitative estimate of drug-likeness (QED) is 0.919. The Balaban J connectivity index is 1.55. The van der Waals surface area contributed by atoms with Gasteiger partial charge in [-0.1, -0.05) is 0 Å². The topological polar surface area (TPSA) is 82.4 Å². The first-order valence-electron chi connectivity index (χ1n) is 8.66. The maximum absolute atomic E-state index is 12.7. The first-order valence-corrected chi connectivity index (χ1v) is 8.66. The highest BCUT2D eigenvalue weighted by Crippen LogP contribution is 2.17. The van der Waals surface area contributed by atoms with Crippen molar-refractivity contribution in [1.82, 2.24) is 20.0 Å². The van der Waals surface area contributed by atoms with E-state index in [4.69, 9.17) is 4.42 Å². The van der Waals surface area contributed by atoms with Crippen LogP contribution in [0.25, 0.3) is 0 Å². The first kappa shape index (κ1) is 17.3. The molecule has 25 heavy (non-hydrogen) atoms. The highest BCUT2D eigenvalue weighted by molar-refractivity contribution is 5.95. The largest absolute Gasteiger partial charge is 0.466 e. The van der Waals surface area contributed by atoms with E-state index < -0.39 is 0 Å².